The average Bonchev–Trinajstić information content (AvgIpc) is 2.88. The molecular weight excluding hydrogens is 292 g/mol. The van der Waals surface area contributed by atoms with Crippen LogP contribution in [0.15, 0.2) is 35.4 Å². The highest BCUT2D eigenvalue weighted by molar-refractivity contribution is 7.89. The maximum Gasteiger partial charge on any atom is 0.246 e. The third-order valence-corrected chi connectivity index (χ3v) is 4.41. The Morgan fingerprint density at radius 1 is 1.33 bits per heavy atom. The van der Waals surface area contributed by atoms with E-state index in [0.29, 0.717) is 6.54 Å². The van der Waals surface area contributed by atoms with Crippen LogP contribution < -0.4 is 15.2 Å². The van der Waals surface area contributed by atoms with Gasteiger partial charge in [0.2, 0.25) is 10.0 Å². The van der Waals surface area contributed by atoms with Crippen LogP contribution in [0.1, 0.15) is 12.5 Å². The van der Waals surface area contributed by atoms with Crippen LogP contribution in [0.25, 0.3) is 0 Å². The van der Waals surface area contributed by atoms with E-state index in [1.807, 2.05) is 6.92 Å². The van der Waals surface area contributed by atoms with Crippen LogP contribution in [0.5, 0.6) is 5.75 Å². The molecule has 7 nitrogen and oxygen atoms in total. The van der Waals surface area contributed by atoms with E-state index in [-0.39, 0.29) is 17.3 Å². The van der Waals surface area contributed by atoms with E-state index in [0.717, 1.165) is 11.3 Å². The molecule has 1 aromatic carbocycles. The first-order valence-electron chi connectivity index (χ1n) is 6.41. The molecule has 0 fully saturated rings. The highest BCUT2D eigenvalue weighted by Gasteiger charge is 2.20. The van der Waals surface area contributed by atoms with Crippen molar-refractivity contribution >= 4 is 15.8 Å². The predicted molar refractivity (Wildman–Crippen MR) is 79.3 cm³/mol. The maximum absolute atomic E-state index is 12.2. The van der Waals surface area contributed by atoms with Crippen LogP contribution in [0.3, 0.4) is 0 Å². The fraction of sp³-hybridized carbons (Fsp3) is 0.308. The number of aryl methyl sites for hydroxylation is 1. The Bertz CT molecular complexity index is 708. The third-order valence-electron chi connectivity index (χ3n) is 2.99. The van der Waals surface area contributed by atoms with Crippen LogP contribution in [-0.4, -0.2) is 25.3 Å². The molecule has 0 saturated carbocycles. The Kier molecular flexibility index (Phi) is 4.49. The summed E-state index contributed by atoms with van der Waals surface area (Å²) >= 11 is 0. The molecule has 8 heteroatoms. The Labute approximate surface area is 123 Å². The maximum atomic E-state index is 12.2. The van der Waals surface area contributed by atoms with Gasteiger partial charge in [0.1, 0.15) is 10.6 Å². The SMILES string of the molecule is CCn1cc(S(=O)(=O)NCc2ccc(OC)cc2)c(N)n1. The van der Waals surface area contributed by atoms with Gasteiger partial charge >= 0.3 is 0 Å². The van der Waals surface area contributed by atoms with Gasteiger partial charge in [-0.25, -0.2) is 13.1 Å². The minimum Gasteiger partial charge on any atom is -0.497 e. The Morgan fingerprint density at radius 2 is 2.00 bits per heavy atom. The largest absolute Gasteiger partial charge is 0.497 e. The summed E-state index contributed by atoms with van der Waals surface area (Å²) in [5.41, 5.74) is 6.46. The molecule has 0 radical (unpaired) electrons. The smallest absolute Gasteiger partial charge is 0.246 e. The molecule has 21 heavy (non-hydrogen) atoms. The van der Waals surface area contributed by atoms with Crippen molar-refractivity contribution in [1.29, 1.82) is 0 Å². The van der Waals surface area contributed by atoms with Gasteiger partial charge in [0, 0.05) is 19.3 Å². The number of nitrogens with zero attached hydrogens (tertiary/aromatic N) is 2. The van der Waals surface area contributed by atoms with Crippen molar-refractivity contribution in [3.63, 3.8) is 0 Å². The molecule has 2 rings (SSSR count). The minimum atomic E-state index is -3.68. The van der Waals surface area contributed by atoms with Crippen molar-refractivity contribution in [2.24, 2.45) is 0 Å². The van der Waals surface area contributed by atoms with Gasteiger partial charge < -0.3 is 10.5 Å². The Morgan fingerprint density at radius 3 is 2.52 bits per heavy atom. The van der Waals surface area contributed by atoms with Gasteiger partial charge in [0.25, 0.3) is 0 Å². The lowest BCUT2D eigenvalue weighted by Gasteiger charge is -2.06. The number of rotatable bonds is 6. The first-order valence-corrected chi connectivity index (χ1v) is 7.90. The number of sulfonamides is 1. The molecule has 0 unspecified atom stereocenters. The molecule has 0 aliphatic carbocycles. The average molecular weight is 310 g/mol. The fourth-order valence-electron chi connectivity index (χ4n) is 1.79. The summed E-state index contributed by atoms with van der Waals surface area (Å²) in [4.78, 5) is -0.00198. The van der Waals surface area contributed by atoms with Crippen molar-refractivity contribution in [3.8, 4) is 5.75 Å². The van der Waals surface area contributed by atoms with Gasteiger partial charge in [-0.15, -0.1) is 0 Å². The summed E-state index contributed by atoms with van der Waals surface area (Å²) in [7, 11) is -2.11. The number of nitrogen functional groups attached to an aromatic ring is 1. The Hall–Kier alpha value is -2.06. The van der Waals surface area contributed by atoms with Gasteiger partial charge in [-0.3, -0.25) is 4.68 Å². The van der Waals surface area contributed by atoms with Gasteiger partial charge in [0.15, 0.2) is 5.82 Å². The molecule has 3 N–H and O–H groups in total. The van der Waals surface area contributed by atoms with Crippen LogP contribution in [0.4, 0.5) is 5.82 Å². The number of nitrogens with one attached hydrogen (secondary N) is 1. The Balaban J connectivity index is 2.11. The number of hydrogen-bond acceptors (Lipinski definition) is 5. The van der Waals surface area contributed by atoms with Crippen molar-refractivity contribution in [2.45, 2.75) is 24.9 Å². The quantitative estimate of drug-likeness (QED) is 0.828. The molecule has 0 atom stereocenters. The first kappa shape index (κ1) is 15.3. The van der Waals surface area contributed by atoms with E-state index >= 15 is 0 Å². The summed E-state index contributed by atoms with van der Waals surface area (Å²) in [5.74, 6) is 0.717. The van der Waals surface area contributed by atoms with Gasteiger partial charge in [-0.2, -0.15) is 5.10 Å². The van der Waals surface area contributed by atoms with Crippen LogP contribution in [-0.2, 0) is 23.1 Å². The third kappa shape index (κ3) is 3.53. The standard InChI is InChI=1S/C13H18N4O3S/c1-3-17-9-12(13(14)16-17)21(18,19)15-8-10-4-6-11(20-2)7-5-10/h4-7,9,15H,3,8H2,1-2H3,(H2,14,16). The lowest BCUT2D eigenvalue weighted by atomic mass is 10.2. The van der Waals surface area contributed by atoms with E-state index in [2.05, 4.69) is 9.82 Å². The van der Waals surface area contributed by atoms with E-state index in [1.54, 1.807) is 31.4 Å². The molecule has 0 saturated heterocycles. The second-order valence-corrected chi connectivity index (χ2v) is 6.14. The fourth-order valence-corrected chi connectivity index (χ4v) is 2.88. The zero-order valence-corrected chi connectivity index (χ0v) is 12.7. The first-order chi connectivity index (χ1) is 9.96. The molecule has 2 aromatic rings. The van der Waals surface area contributed by atoms with Gasteiger partial charge in [0.05, 0.1) is 7.11 Å². The molecule has 0 bridgehead atoms. The van der Waals surface area contributed by atoms with E-state index in [1.165, 1.54) is 10.9 Å². The van der Waals surface area contributed by atoms with Crippen molar-refractivity contribution in [1.82, 2.24) is 14.5 Å². The summed E-state index contributed by atoms with van der Waals surface area (Å²) in [6.07, 6.45) is 1.42. The number of methoxy groups -OCH3 is 1. The van der Waals surface area contributed by atoms with Crippen LogP contribution >= 0.6 is 0 Å². The highest BCUT2D eigenvalue weighted by atomic mass is 32.2. The number of aromatic nitrogens is 2. The monoisotopic (exact) mass is 310 g/mol. The topological polar surface area (TPSA) is 99.2 Å². The normalized spacial score (nSPS) is 11.5. The summed E-state index contributed by atoms with van der Waals surface area (Å²) in [5, 5.41) is 3.93. The molecular formula is C13H18N4O3S. The number of nitrogens with two attached hydrogens (primary N) is 1. The van der Waals surface area contributed by atoms with E-state index in [9.17, 15) is 8.42 Å². The van der Waals surface area contributed by atoms with Gasteiger partial charge in [-0.1, -0.05) is 12.1 Å². The second kappa shape index (κ2) is 6.15. The molecule has 0 aliphatic rings. The van der Waals surface area contributed by atoms with Crippen LogP contribution in [0.2, 0.25) is 0 Å². The number of anilines is 1. The number of ether oxygens (including phenoxy) is 1. The van der Waals surface area contributed by atoms with E-state index in [4.69, 9.17) is 10.5 Å². The predicted octanol–water partition coefficient (Wildman–Crippen LogP) is 0.972. The van der Waals surface area contributed by atoms with E-state index < -0.39 is 10.0 Å². The summed E-state index contributed by atoms with van der Waals surface area (Å²) < 4.78 is 33.5. The molecule has 1 heterocycles. The molecule has 0 amide bonds. The van der Waals surface area contributed by atoms with Crippen molar-refractivity contribution in [3.05, 3.63) is 36.0 Å². The molecule has 114 valence electrons. The van der Waals surface area contributed by atoms with Crippen molar-refractivity contribution in [2.75, 3.05) is 12.8 Å². The lowest BCUT2D eigenvalue weighted by molar-refractivity contribution is 0.414. The zero-order valence-electron chi connectivity index (χ0n) is 11.9. The molecule has 0 spiro atoms. The summed E-state index contributed by atoms with van der Waals surface area (Å²) in [6.45, 7) is 2.58. The molecule has 1 aromatic heterocycles. The van der Waals surface area contributed by atoms with Gasteiger partial charge in [-0.05, 0) is 24.6 Å². The zero-order chi connectivity index (χ0) is 15.5. The number of hydrogen-bond donors (Lipinski definition) is 2. The second-order valence-electron chi connectivity index (χ2n) is 4.41. The van der Waals surface area contributed by atoms with Crippen molar-refractivity contribution < 1.29 is 13.2 Å². The van der Waals surface area contributed by atoms with Crippen LogP contribution in [0, 0.1) is 0 Å². The minimum absolute atomic E-state index is 0.000851. The summed E-state index contributed by atoms with van der Waals surface area (Å²) in [6, 6.07) is 7.13. The molecule has 0 aliphatic heterocycles. The lowest BCUT2D eigenvalue weighted by Crippen LogP contribution is -2.23. The number of benzene rings is 1. The highest BCUT2D eigenvalue weighted by Crippen LogP contribution is 2.17.